The Morgan fingerprint density at radius 2 is 1.88 bits per heavy atom. The third-order valence-electron chi connectivity index (χ3n) is 2.92. The molecule has 0 aromatic heterocycles. The first-order valence-corrected chi connectivity index (χ1v) is 7.16. The molecule has 7 heteroatoms. The molecular formula is C17H13ClN2O4. The number of benzene rings is 2. The fourth-order valence-electron chi connectivity index (χ4n) is 1.79. The van der Waals surface area contributed by atoms with Crippen LogP contribution in [0.5, 0.6) is 5.75 Å². The van der Waals surface area contributed by atoms with Gasteiger partial charge in [-0.1, -0.05) is 29.8 Å². The summed E-state index contributed by atoms with van der Waals surface area (Å²) in [5.74, 6) is -1.62. The molecule has 3 N–H and O–H groups in total. The van der Waals surface area contributed by atoms with Crippen molar-refractivity contribution in [2.45, 2.75) is 0 Å². The first-order valence-electron chi connectivity index (χ1n) is 6.79. The van der Waals surface area contributed by atoms with Crippen molar-refractivity contribution >= 4 is 35.8 Å². The number of carbonyl (C=O) groups excluding carboxylic acids is 1. The lowest BCUT2D eigenvalue weighted by molar-refractivity contribution is -0.131. The maximum atomic E-state index is 11.9. The number of halogens is 1. The van der Waals surface area contributed by atoms with Gasteiger partial charge in [-0.25, -0.2) is 10.2 Å². The van der Waals surface area contributed by atoms with Crippen LogP contribution in [0.1, 0.15) is 21.5 Å². The molecular weight excluding hydrogens is 332 g/mol. The third kappa shape index (κ3) is 4.96. The quantitative estimate of drug-likeness (QED) is 0.441. The van der Waals surface area contributed by atoms with Crippen LogP contribution in [0.3, 0.4) is 0 Å². The smallest absolute Gasteiger partial charge is 0.328 e. The summed E-state index contributed by atoms with van der Waals surface area (Å²) in [4.78, 5) is 22.4. The number of hydrogen-bond acceptors (Lipinski definition) is 4. The summed E-state index contributed by atoms with van der Waals surface area (Å²) in [7, 11) is 0. The van der Waals surface area contributed by atoms with E-state index in [0.29, 0.717) is 11.1 Å². The van der Waals surface area contributed by atoms with Crippen LogP contribution in [-0.2, 0) is 4.79 Å². The van der Waals surface area contributed by atoms with Crippen LogP contribution in [0, 0.1) is 0 Å². The Bertz CT molecular complexity index is 831. The molecule has 0 radical (unpaired) electrons. The number of carboxylic acid groups (broad SMARTS) is 1. The van der Waals surface area contributed by atoms with Crippen LogP contribution in [-0.4, -0.2) is 28.3 Å². The number of phenols is 1. The van der Waals surface area contributed by atoms with Crippen LogP contribution < -0.4 is 5.43 Å². The van der Waals surface area contributed by atoms with E-state index in [0.717, 1.165) is 6.08 Å². The van der Waals surface area contributed by atoms with Crippen molar-refractivity contribution in [3.63, 3.8) is 0 Å². The summed E-state index contributed by atoms with van der Waals surface area (Å²) >= 11 is 5.74. The van der Waals surface area contributed by atoms with Crippen molar-refractivity contribution in [3.05, 3.63) is 70.3 Å². The summed E-state index contributed by atoms with van der Waals surface area (Å²) in [6.07, 6.45) is 3.92. The lowest BCUT2D eigenvalue weighted by atomic mass is 10.1. The second kappa shape index (κ2) is 7.94. The minimum absolute atomic E-state index is 0.0737. The van der Waals surface area contributed by atoms with Gasteiger partial charge in [-0.05, 0) is 41.5 Å². The van der Waals surface area contributed by atoms with E-state index in [1.54, 1.807) is 24.3 Å². The highest BCUT2D eigenvalue weighted by molar-refractivity contribution is 6.32. The van der Waals surface area contributed by atoms with Gasteiger partial charge in [-0.3, -0.25) is 4.79 Å². The molecule has 0 saturated heterocycles. The highest BCUT2D eigenvalue weighted by atomic mass is 35.5. The minimum Gasteiger partial charge on any atom is -0.506 e. The molecule has 0 spiro atoms. The molecule has 0 unspecified atom stereocenters. The topological polar surface area (TPSA) is 99.0 Å². The van der Waals surface area contributed by atoms with Crippen molar-refractivity contribution in [1.82, 2.24) is 5.43 Å². The average Bonchev–Trinajstić information content (AvgIpc) is 2.56. The summed E-state index contributed by atoms with van der Waals surface area (Å²) < 4.78 is 0. The molecule has 1 amide bonds. The predicted octanol–water partition coefficient (Wildman–Crippen LogP) is 2.91. The van der Waals surface area contributed by atoms with E-state index in [2.05, 4.69) is 10.5 Å². The molecule has 2 rings (SSSR count). The maximum Gasteiger partial charge on any atom is 0.328 e. The monoisotopic (exact) mass is 344 g/mol. The SMILES string of the molecule is O=C(O)/C=C/c1cccc(/C=N/NC(=O)c2ccc(O)c(Cl)c2)c1. The zero-order chi connectivity index (χ0) is 17.5. The normalized spacial score (nSPS) is 11.0. The van der Waals surface area contributed by atoms with Crippen molar-refractivity contribution in [2.24, 2.45) is 5.10 Å². The van der Waals surface area contributed by atoms with Crippen LogP contribution in [0.2, 0.25) is 5.02 Å². The number of hydrazone groups is 1. The Labute approximate surface area is 142 Å². The second-order valence-corrected chi connectivity index (χ2v) is 5.11. The lowest BCUT2D eigenvalue weighted by Crippen LogP contribution is -2.17. The molecule has 0 aliphatic rings. The zero-order valence-electron chi connectivity index (χ0n) is 12.3. The number of aliphatic carboxylic acids is 1. The molecule has 0 atom stereocenters. The van der Waals surface area contributed by atoms with Gasteiger partial charge in [-0.2, -0.15) is 5.10 Å². The summed E-state index contributed by atoms with van der Waals surface area (Å²) in [6, 6.07) is 11.0. The van der Waals surface area contributed by atoms with Crippen molar-refractivity contribution in [3.8, 4) is 5.75 Å². The van der Waals surface area contributed by atoms with E-state index in [4.69, 9.17) is 16.7 Å². The molecule has 0 aliphatic carbocycles. The molecule has 0 fully saturated rings. The number of carboxylic acids is 1. The van der Waals surface area contributed by atoms with Crippen LogP contribution in [0.4, 0.5) is 0 Å². The van der Waals surface area contributed by atoms with E-state index in [9.17, 15) is 14.7 Å². The van der Waals surface area contributed by atoms with Crippen LogP contribution >= 0.6 is 11.6 Å². The van der Waals surface area contributed by atoms with E-state index in [1.807, 2.05) is 0 Å². The van der Waals surface area contributed by atoms with Gasteiger partial charge in [0.05, 0.1) is 11.2 Å². The summed E-state index contributed by atoms with van der Waals surface area (Å²) in [6.45, 7) is 0. The fraction of sp³-hybridized carbons (Fsp3) is 0. The van der Waals surface area contributed by atoms with Gasteiger partial charge in [0, 0.05) is 11.6 Å². The number of phenolic OH excluding ortho intramolecular Hbond substituents is 1. The summed E-state index contributed by atoms with van der Waals surface area (Å²) in [5, 5.41) is 21.8. The number of amides is 1. The molecule has 0 heterocycles. The number of carbonyl (C=O) groups is 2. The fourth-order valence-corrected chi connectivity index (χ4v) is 1.97. The number of nitrogens with zero attached hydrogens (tertiary/aromatic N) is 1. The Morgan fingerprint density at radius 1 is 1.12 bits per heavy atom. The zero-order valence-corrected chi connectivity index (χ0v) is 13.1. The van der Waals surface area contributed by atoms with Gasteiger partial charge < -0.3 is 10.2 Å². The minimum atomic E-state index is -1.03. The molecule has 24 heavy (non-hydrogen) atoms. The Morgan fingerprint density at radius 3 is 2.58 bits per heavy atom. The Balaban J connectivity index is 2.03. The molecule has 0 saturated carbocycles. The van der Waals surface area contributed by atoms with E-state index < -0.39 is 11.9 Å². The van der Waals surface area contributed by atoms with E-state index >= 15 is 0 Å². The van der Waals surface area contributed by atoms with Crippen molar-refractivity contribution in [1.29, 1.82) is 0 Å². The van der Waals surface area contributed by atoms with Crippen molar-refractivity contribution < 1.29 is 19.8 Å². The average molecular weight is 345 g/mol. The van der Waals surface area contributed by atoms with Gasteiger partial charge in [-0.15, -0.1) is 0 Å². The number of hydrogen-bond donors (Lipinski definition) is 3. The largest absolute Gasteiger partial charge is 0.506 e. The van der Waals surface area contributed by atoms with Crippen LogP contribution in [0.25, 0.3) is 6.08 Å². The molecule has 0 aliphatic heterocycles. The molecule has 122 valence electrons. The van der Waals surface area contributed by atoms with Crippen LogP contribution in [0.15, 0.2) is 53.6 Å². The van der Waals surface area contributed by atoms with E-state index in [1.165, 1.54) is 30.5 Å². The Kier molecular flexibility index (Phi) is 5.70. The lowest BCUT2D eigenvalue weighted by Gasteiger charge is -2.02. The van der Waals surface area contributed by atoms with Gasteiger partial charge in [0.25, 0.3) is 5.91 Å². The molecule has 6 nitrogen and oxygen atoms in total. The number of aromatic hydroxyl groups is 1. The van der Waals surface area contributed by atoms with Gasteiger partial charge in [0.2, 0.25) is 0 Å². The standard InChI is InChI=1S/C17H13ClN2O4/c18-14-9-13(5-6-15(14)21)17(24)20-19-10-12-3-1-2-11(8-12)4-7-16(22)23/h1-10,21H,(H,20,24)(H,22,23)/b7-4+,19-10+. The summed E-state index contributed by atoms with van der Waals surface area (Å²) in [5.41, 5.74) is 3.98. The second-order valence-electron chi connectivity index (χ2n) is 4.71. The highest BCUT2D eigenvalue weighted by Crippen LogP contribution is 2.23. The molecule has 2 aromatic rings. The van der Waals surface area contributed by atoms with Gasteiger partial charge in [0.15, 0.2) is 0 Å². The first kappa shape index (κ1) is 17.2. The predicted molar refractivity (Wildman–Crippen MR) is 91.3 cm³/mol. The van der Waals surface area contributed by atoms with Gasteiger partial charge in [0.1, 0.15) is 5.75 Å². The van der Waals surface area contributed by atoms with E-state index in [-0.39, 0.29) is 16.3 Å². The number of nitrogens with one attached hydrogen (secondary N) is 1. The number of rotatable bonds is 5. The third-order valence-corrected chi connectivity index (χ3v) is 3.22. The molecule has 2 aromatic carbocycles. The Hall–Kier alpha value is -3.12. The highest BCUT2D eigenvalue weighted by Gasteiger charge is 2.07. The van der Waals surface area contributed by atoms with Crippen molar-refractivity contribution in [2.75, 3.05) is 0 Å². The maximum absolute atomic E-state index is 11.9. The molecule has 0 bridgehead atoms. The first-order chi connectivity index (χ1) is 11.5. The van der Waals surface area contributed by atoms with Gasteiger partial charge >= 0.3 is 5.97 Å².